The van der Waals surface area contributed by atoms with Crippen LogP contribution in [-0.2, 0) is 19.2 Å². The number of rotatable bonds is 2. The van der Waals surface area contributed by atoms with Gasteiger partial charge in [0.05, 0.1) is 7.11 Å². The number of hydrogen-bond acceptors (Lipinski definition) is 5. The van der Waals surface area contributed by atoms with Crippen molar-refractivity contribution in [3.8, 4) is 0 Å². The summed E-state index contributed by atoms with van der Waals surface area (Å²) < 4.78 is 0. The van der Waals surface area contributed by atoms with Gasteiger partial charge in [-0.05, 0) is 18.1 Å². The van der Waals surface area contributed by atoms with Crippen LogP contribution in [0.1, 0.15) is 13.3 Å². The zero-order valence-corrected chi connectivity index (χ0v) is 11.3. The van der Waals surface area contributed by atoms with Crippen LogP contribution in [0.25, 0.3) is 0 Å². The third kappa shape index (κ3) is 1.55. The van der Waals surface area contributed by atoms with E-state index in [1.54, 1.807) is 6.08 Å². The first kappa shape index (κ1) is 14.4. The Morgan fingerprint density at radius 1 is 1.45 bits per heavy atom. The van der Waals surface area contributed by atoms with Crippen LogP contribution in [-0.4, -0.2) is 40.9 Å². The standard InChI is InChI=1S/C14H15NO5/c1-4-5-9-6-7-10(16)12(18)14(9)11(17)8(2)15(20-3)13(14)19/h5-7,12,18H,2,4H2,1,3H3/b9-5-/t12-,14?/m1/s1. The van der Waals surface area contributed by atoms with Gasteiger partial charge in [0.25, 0.3) is 5.91 Å². The molecule has 0 radical (unpaired) electrons. The van der Waals surface area contributed by atoms with E-state index >= 15 is 0 Å². The molecule has 2 atom stereocenters. The van der Waals surface area contributed by atoms with Crippen LogP contribution in [0.5, 0.6) is 0 Å². The first-order valence-electron chi connectivity index (χ1n) is 6.15. The molecule has 1 fully saturated rings. The van der Waals surface area contributed by atoms with Gasteiger partial charge in [0.15, 0.2) is 11.2 Å². The summed E-state index contributed by atoms with van der Waals surface area (Å²) in [6, 6.07) is 0. The summed E-state index contributed by atoms with van der Waals surface area (Å²) >= 11 is 0. The summed E-state index contributed by atoms with van der Waals surface area (Å²) in [5.74, 6) is -2.19. The maximum Gasteiger partial charge on any atom is 0.272 e. The smallest absolute Gasteiger partial charge is 0.272 e. The van der Waals surface area contributed by atoms with E-state index in [4.69, 9.17) is 4.84 Å². The number of hydroxylamine groups is 2. The number of carbonyl (C=O) groups excluding carboxylic acids is 3. The van der Waals surface area contributed by atoms with Gasteiger partial charge < -0.3 is 5.11 Å². The van der Waals surface area contributed by atoms with E-state index in [-0.39, 0.29) is 5.70 Å². The predicted molar refractivity (Wildman–Crippen MR) is 69.0 cm³/mol. The Morgan fingerprint density at radius 3 is 2.60 bits per heavy atom. The van der Waals surface area contributed by atoms with Gasteiger partial charge in [0.2, 0.25) is 5.78 Å². The van der Waals surface area contributed by atoms with Crippen LogP contribution >= 0.6 is 0 Å². The minimum absolute atomic E-state index is 0.193. The van der Waals surface area contributed by atoms with Crippen molar-refractivity contribution in [2.45, 2.75) is 19.4 Å². The van der Waals surface area contributed by atoms with Crippen molar-refractivity contribution in [1.29, 1.82) is 0 Å². The Kier molecular flexibility index (Phi) is 3.45. The van der Waals surface area contributed by atoms with E-state index in [0.717, 1.165) is 11.1 Å². The number of amides is 1. The summed E-state index contributed by atoms with van der Waals surface area (Å²) in [4.78, 5) is 41.6. The molecule has 1 spiro atoms. The monoisotopic (exact) mass is 277 g/mol. The summed E-state index contributed by atoms with van der Waals surface area (Å²) in [5, 5.41) is 10.9. The van der Waals surface area contributed by atoms with Crippen LogP contribution < -0.4 is 0 Å². The molecule has 106 valence electrons. The molecule has 20 heavy (non-hydrogen) atoms. The second-order valence-corrected chi connectivity index (χ2v) is 4.57. The number of hydrogen-bond donors (Lipinski definition) is 1. The van der Waals surface area contributed by atoms with Crippen molar-refractivity contribution in [3.63, 3.8) is 0 Å². The van der Waals surface area contributed by atoms with E-state index in [0.29, 0.717) is 12.0 Å². The lowest BCUT2D eigenvalue weighted by Gasteiger charge is -2.32. The molecule has 0 bridgehead atoms. The van der Waals surface area contributed by atoms with Crippen molar-refractivity contribution in [2.75, 3.05) is 7.11 Å². The molecule has 1 saturated heterocycles. The Balaban J connectivity index is 2.72. The molecule has 0 saturated carbocycles. The van der Waals surface area contributed by atoms with Crippen molar-refractivity contribution in [2.24, 2.45) is 5.41 Å². The third-order valence-corrected chi connectivity index (χ3v) is 3.56. The minimum Gasteiger partial charge on any atom is -0.383 e. The molecule has 6 heteroatoms. The Bertz CT molecular complexity index is 574. The maximum absolute atomic E-state index is 12.5. The van der Waals surface area contributed by atoms with Gasteiger partial charge in [-0.25, -0.2) is 0 Å². The minimum atomic E-state index is -1.96. The largest absolute Gasteiger partial charge is 0.383 e. The molecule has 1 heterocycles. The summed E-state index contributed by atoms with van der Waals surface area (Å²) in [7, 11) is 1.21. The summed E-state index contributed by atoms with van der Waals surface area (Å²) in [5.41, 5.74) is -1.86. The average Bonchev–Trinajstić information content (AvgIpc) is 2.61. The van der Waals surface area contributed by atoms with E-state index < -0.39 is 29.0 Å². The highest BCUT2D eigenvalue weighted by atomic mass is 16.7. The van der Waals surface area contributed by atoms with Crippen LogP contribution in [0.15, 0.2) is 36.1 Å². The van der Waals surface area contributed by atoms with Gasteiger partial charge in [-0.2, -0.15) is 5.06 Å². The van der Waals surface area contributed by atoms with Crippen molar-refractivity contribution < 1.29 is 24.3 Å². The van der Waals surface area contributed by atoms with Crippen LogP contribution in [0.2, 0.25) is 0 Å². The molecule has 0 aromatic carbocycles. The van der Waals surface area contributed by atoms with E-state index in [1.807, 2.05) is 6.92 Å². The van der Waals surface area contributed by atoms with Crippen molar-refractivity contribution in [3.05, 3.63) is 36.1 Å². The second-order valence-electron chi connectivity index (χ2n) is 4.57. The third-order valence-electron chi connectivity index (χ3n) is 3.56. The number of Topliss-reactive ketones (excluding diaryl/α,β-unsaturated/α-hetero) is 1. The highest BCUT2D eigenvalue weighted by Gasteiger charge is 2.65. The fourth-order valence-electron chi connectivity index (χ4n) is 2.60. The quantitative estimate of drug-likeness (QED) is 0.579. The van der Waals surface area contributed by atoms with Gasteiger partial charge >= 0.3 is 0 Å². The van der Waals surface area contributed by atoms with Crippen molar-refractivity contribution in [1.82, 2.24) is 5.06 Å². The number of nitrogens with zero attached hydrogens (tertiary/aromatic N) is 1. The zero-order chi connectivity index (χ0) is 15.1. The predicted octanol–water partition coefficient (Wildman–Crippen LogP) is 0.295. The van der Waals surface area contributed by atoms with E-state index in [2.05, 4.69) is 6.58 Å². The molecule has 1 unspecified atom stereocenters. The van der Waals surface area contributed by atoms with E-state index in [1.165, 1.54) is 13.2 Å². The average molecular weight is 277 g/mol. The Morgan fingerprint density at radius 2 is 2.10 bits per heavy atom. The lowest BCUT2D eigenvalue weighted by atomic mass is 9.68. The van der Waals surface area contributed by atoms with Crippen LogP contribution in [0.4, 0.5) is 0 Å². The van der Waals surface area contributed by atoms with Gasteiger partial charge in [-0.3, -0.25) is 19.2 Å². The number of aliphatic hydroxyl groups is 1. The molecule has 1 aliphatic heterocycles. The van der Waals surface area contributed by atoms with Gasteiger partial charge in [-0.1, -0.05) is 25.7 Å². The molecule has 6 nitrogen and oxygen atoms in total. The Labute approximate surface area is 116 Å². The fraction of sp³-hybridized carbons (Fsp3) is 0.357. The fourth-order valence-corrected chi connectivity index (χ4v) is 2.60. The van der Waals surface area contributed by atoms with Gasteiger partial charge in [-0.15, -0.1) is 0 Å². The number of carbonyl (C=O) groups is 3. The SMILES string of the molecule is C=C1C(=O)C2(C(=O)N1OC)/C(=C\CC)C=CC(=O)[C@H]2O. The molecule has 2 rings (SSSR count). The van der Waals surface area contributed by atoms with Crippen LogP contribution in [0, 0.1) is 5.41 Å². The first-order valence-corrected chi connectivity index (χ1v) is 6.15. The zero-order valence-electron chi connectivity index (χ0n) is 11.3. The van der Waals surface area contributed by atoms with Gasteiger partial charge in [0.1, 0.15) is 11.8 Å². The highest BCUT2D eigenvalue weighted by molar-refractivity contribution is 6.26. The molecule has 2 aliphatic rings. The highest BCUT2D eigenvalue weighted by Crippen LogP contribution is 2.46. The molecule has 1 amide bonds. The molecule has 1 aliphatic carbocycles. The lowest BCUT2D eigenvalue weighted by molar-refractivity contribution is -0.170. The molecular formula is C14H15NO5. The topological polar surface area (TPSA) is 83.9 Å². The molecular weight excluding hydrogens is 262 g/mol. The first-order chi connectivity index (χ1) is 9.42. The normalized spacial score (nSPS) is 32.0. The summed E-state index contributed by atoms with van der Waals surface area (Å²) in [6.45, 7) is 5.32. The number of allylic oxidation sites excluding steroid dienone is 3. The van der Waals surface area contributed by atoms with Gasteiger partial charge in [0, 0.05) is 0 Å². The van der Waals surface area contributed by atoms with E-state index in [9.17, 15) is 19.5 Å². The van der Waals surface area contributed by atoms with Crippen LogP contribution in [0.3, 0.4) is 0 Å². The number of aliphatic hydroxyl groups excluding tert-OH is 1. The number of ketones is 2. The Hall–Kier alpha value is -2.05. The maximum atomic E-state index is 12.5. The molecule has 0 aromatic rings. The summed E-state index contributed by atoms with van der Waals surface area (Å²) in [6.07, 6.45) is 2.97. The lowest BCUT2D eigenvalue weighted by Crippen LogP contribution is -2.52. The van der Waals surface area contributed by atoms with Crippen molar-refractivity contribution >= 4 is 17.5 Å². The molecule has 0 aromatic heterocycles. The molecule has 1 N–H and O–H groups in total. The second kappa shape index (κ2) is 4.81.